The highest BCUT2D eigenvalue weighted by molar-refractivity contribution is 7.27. The topological polar surface area (TPSA) is 31.0 Å². The predicted molar refractivity (Wildman–Crippen MR) is 215 cm³/mol. The largest absolute Gasteiger partial charge is 0.454 e. The van der Waals surface area contributed by atoms with Gasteiger partial charge in [-0.05, 0) is 47.5 Å². The molecule has 0 atom stereocenters. The first-order valence-electron chi connectivity index (χ1n) is 17.2. The summed E-state index contributed by atoms with van der Waals surface area (Å²) in [5, 5.41) is 7.31. The number of rotatable bonds is 4. The number of hydrogen-bond acceptors (Lipinski definition) is 3. The molecule has 0 saturated heterocycles. The molecule has 0 aliphatic rings. The molecule has 4 aromatic heterocycles. The Labute approximate surface area is 297 Å². The van der Waals surface area contributed by atoms with Crippen molar-refractivity contribution in [3.63, 3.8) is 0 Å². The van der Waals surface area contributed by atoms with Crippen LogP contribution in [0, 0.1) is 0 Å². The van der Waals surface area contributed by atoms with E-state index in [0.29, 0.717) is 0 Å². The van der Waals surface area contributed by atoms with E-state index in [4.69, 9.17) is 9.40 Å². The van der Waals surface area contributed by atoms with Gasteiger partial charge in [0.25, 0.3) is 0 Å². The zero-order chi connectivity index (χ0) is 33.5. The Morgan fingerprint density at radius 3 is 1.86 bits per heavy atom. The van der Waals surface area contributed by atoms with E-state index >= 15 is 0 Å². The van der Waals surface area contributed by atoms with Crippen LogP contribution in [0.4, 0.5) is 0 Å². The van der Waals surface area contributed by atoms with Gasteiger partial charge in [-0.1, -0.05) is 133 Å². The number of hydrogen-bond donors (Lipinski definition) is 0. The van der Waals surface area contributed by atoms with Crippen LogP contribution in [-0.4, -0.2) is 9.55 Å². The van der Waals surface area contributed by atoms with Gasteiger partial charge in [0.15, 0.2) is 5.58 Å². The summed E-state index contributed by atoms with van der Waals surface area (Å²) in [7, 11) is 0. The van der Waals surface area contributed by atoms with Crippen LogP contribution in [0.1, 0.15) is 0 Å². The predicted octanol–water partition coefficient (Wildman–Crippen LogP) is 13.4. The Bertz CT molecular complexity index is 3070. The molecule has 0 radical (unpaired) electrons. The van der Waals surface area contributed by atoms with Gasteiger partial charge in [-0.25, -0.2) is 4.98 Å². The summed E-state index contributed by atoms with van der Waals surface area (Å²) in [5.74, 6) is 0. The number of benzene rings is 7. The van der Waals surface area contributed by atoms with Gasteiger partial charge in [0.05, 0.1) is 28.1 Å². The number of pyridine rings is 1. The first kappa shape index (κ1) is 28.4. The maximum atomic E-state index is 6.57. The summed E-state index contributed by atoms with van der Waals surface area (Å²) < 4.78 is 11.5. The van der Waals surface area contributed by atoms with Gasteiger partial charge in [0, 0.05) is 52.8 Å². The van der Waals surface area contributed by atoms with E-state index in [0.717, 1.165) is 55.7 Å². The lowest BCUT2D eigenvalue weighted by Crippen LogP contribution is -1.94. The van der Waals surface area contributed by atoms with Gasteiger partial charge < -0.3 is 8.98 Å². The number of furan rings is 1. The average molecular weight is 669 g/mol. The highest BCUT2D eigenvalue weighted by Gasteiger charge is 2.21. The molecule has 238 valence electrons. The second kappa shape index (κ2) is 11.0. The summed E-state index contributed by atoms with van der Waals surface area (Å²) in [4.78, 5) is 5.16. The fraction of sp³-hybridized carbons (Fsp3) is 0. The number of aromatic nitrogens is 2. The molecule has 0 bridgehead atoms. The third-order valence-corrected chi connectivity index (χ3v) is 11.5. The molecule has 4 heterocycles. The molecule has 51 heavy (non-hydrogen) atoms. The molecule has 0 aliphatic heterocycles. The van der Waals surface area contributed by atoms with Crippen LogP contribution in [0.5, 0.6) is 0 Å². The highest BCUT2D eigenvalue weighted by atomic mass is 32.1. The number of thiophene rings is 1. The lowest BCUT2D eigenvalue weighted by Gasteiger charge is -2.11. The zero-order valence-corrected chi connectivity index (χ0v) is 28.2. The van der Waals surface area contributed by atoms with Crippen molar-refractivity contribution in [1.82, 2.24) is 9.55 Å². The summed E-state index contributed by atoms with van der Waals surface area (Å²) in [6, 6.07) is 60.4. The SMILES string of the molecule is c1ccc(-c2cc(-c3cccc4c3sc3c4ccc4c3c3ccccc3n4-c3cccc4c3oc3ccccc34)cc(-c3ccccc3)n2)cc1. The maximum Gasteiger partial charge on any atom is 0.159 e. The van der Waals surface area contributed by atoms with Gasteiger partial charge in [-0.2, -0.15) is 0 Å². The first-order valence-corrected chi connectivity index (χ1v) is 18.0. The van der Waals surface area contributed by atoms with Gasteiger partial charge in [0.1, 0.15) is 5.58 Å². The molecule has 0 saturated carbocycles. The second-order valence-corrected chi connectivity index (χ2v) is 14.1. The second-order valence-electron chi connectivity index (χ2n) is 13.1. The van der Waals surface area contributed by atoms with Crippen LogP contribution in [0.15, 0.2) is 174 Å². The minimum absolute atomic E-state index is 0.904. The molecule has 11 rings (SSSR count). The third kappa shape index (κ3) is 4.27. The van der Waals surface area contributed by atoms with Gasteiger partial charge >= 0.3 is 0 Å². The van der Waals surface area contributed by atoms with Crippen molar-refractivity contribution in [2.45, 2.75) is 0 Å². The summed E-state index contributed by atoms with van der Waals surface area (Å²) >= 11 is 1.89. The van der Waals surface area contributed by atoms with E-state index < -0.39 is 0 Å². The lowest BCUT2D eigenvalue weighted by atomic mass is 9.98. The van der Waals surface area contributed by atoms with Gasteiger partial charge in [-0.3, -0.25) is 0 Å². The number of para-hydroxylation sites is 3. The van der Waals surface area contributed by atoms with Crippen molar-refractivity contribution >= 4 is 75.3 Å². The van der Waals surface area contributed by atoms with Crippen molar-refractivity contribution in [2.75, 3.05) is 0 Å². The summed E-state index contributed by atoms with van der Waals surface area (Å²) in [6.45, 7) is 0. The van der Waals surface area contributed by atoms with E-state index in [9.17, 15) is 0 Å². The van der Waals surface area contributed by atoms with Crippen LogP contribution < -0.4 is 0 Å². The van der Waals surface area contributed by atoms with Crippen molar-refractivity contribution in [2.24, 2.45) is 0 Å². The average Bonchev–Trinajstić information content (AvgIpc) is 3.88. The van der Waals surface area contributed by atoms with E-state index in [1.807, 2.05) is 17.4 Å². The summed E-state index contributed by atoms with van der Waals surface area (Å²) in [5.41, 5.74) is 11.7. The molecule has 0 N–H and O–H groups in total. The first-order chi connectivity index (χ1) is 25.3. The molecule has 4 heteroatoms. The fourth-order valence-corrected chi connectivity index (χ4v) is 9.30. The Hall–Kier alpha value is -6.49. The molecule has 0 fully saturated rings. The van der Waals surface area contributed by atoms with E-state index in [-0.39, 0.29) is 0 Å². The Kier molecular flexibility index (Phi) is 6.12. The monoisotopic (exact) mass is 668 g/mol. The maximum absolute atomic E-state index is 6.57. The number of fused-ring (bicyclic) bond motifs is 10. The fourth-order valence-electron chi connectivity index (χ4n) is 7.90. The zero-order valence-electron chi connectivity index (χ0n) is 27.4. The molecule has 0 amide bonds. The van der Waals surface area contributed by atoms with Crippen molar-refractivity contribution in [3.8, 4) is 39.3 Å². The normalized spacial score (nSPS) is 11.9. The summed E-state index contributed by atoms with van der Waals surface area (Å²) in [6.07, 6.45) is 0. The molecule has 11 aromatic rings. The van der Waals surface area contributed by atoms with Gasteiger partial charge in [0.2, 0.25) is 0 Å². The minimum atomic E-state index is 0.904. The molecule has 0 spiro atoms. The van der Waals surface area contributed by atoms with Crippen LogP contribution in [0.2, 0.25) is 0 Å². The van der Waals surface area contributed by atoms with E-state index in [1.54, 1.807) is 0 Å². The van der Waals surface area contributed by atoms with Crippen molar-refractivity contribution in [3.05, 3.63) is 170 Å². The molecular weight excluding hydrogens is 641 g/mol. The quantitative estimate of drug-likeness (QED) is 0.187. The molecule has 3 nitrogen and oxygen atoms in total. The molecule has 0 unspecified atom stereocenters. The molecule has 7 aromatic carbocycles. The van der Waals surface area contributed by atoms with E-state index in [1.165, 1.54) is 47.5 Å². The lowest BCUT2D eigenvalue weighted by molar-refractivity contribution is 0.666. The number of nitrogens with zero attached hydrogens (tertiary/aromatic N) is 2. The van der Waals surface area contributed by atoms with Crippen LogP contribution in [0.25, 0.3) is 103 Å². The standard InChI is InChI=1S/C47H28N2OS/c1-3-13-29(14-4-1)38-27-31(28-39(48-38)30-15-5-2-6-16-30)32-19-11-21-35-36-25-26-41-44(47(36)51-46(32)35)37-18-7-9-22-40(37)49(41)42-23-12-20-34-33-17-8-10-24-43(33)50-45(34)42/h1-28H. The Balaban J connectivity index is 1.19. The van der Waals surface area contributed by atoms with Crippen LogP contribution >= 0.6 is 11.3 Å². The third-order valence-electron chi connectivity index (χ3n) is 10.2. The molecular formula is C47H28N2OS. The van der Waals surface area contributed by atoms with Crippen molar-refractivity contribution < 1.29 is 4.42 Å². The van der Waals surface area contributed by atoms with Crippen molar-refractivity contribution in [1.29, 1.82) is 0 Å². The Morgan fingerprint density at radius 1 is 0.451 bits per heavy atom. The minimum Gasteiger partial charge on any atom is -0.454 e. The highest BCUT2D eigenvalue weighted by Crippen LogP contribution is 2.47. The van der Waals surface area contributed by atoms with E-state index in [2.05, 4.69) is 168 Å². The molecule has 0 aliphatic carbocycles. The van der Waals surface area contributed by atoms with Gasteiger partial charge in [-0.15, -0.1) is 11.3 Å². The Morgan fingerprint density at radius 2 is 1.08 bits per heavy atom. The van der Waals surface area contributed by atoms with Crippen LogP contribution in [0.3, 0.4) is 0 Å². The smallest absolute Gasteiger partial charge is 0.159 e. The van der Waals surface area contributed by atoms with Crippen LogP contribution in [-0.2, 0) is 0 Å².